The van der Waals surface area contributed by atoms with Gasteiger partial charge in [0.15, 0.2) is 0 Å². The van der Waals surface area contributed by atoms with E-state index in [0.29, 0.717) is 26.4 Å². The van der Waals surface area contributed by atoms with Crippen molar-refractivity contribution in [2.24, 2.45) is 0 Å². The third kappa shape index (κ3) is 6.85. The van der Waals surface area contributed by atoms with Crippen LogP contribution in [0.15, 0.2) is 54.6 Å². The molecule has 0 aliphatic rings. The first-order valence-corrected chi connectivity index (χ1v) is 8.51. The van der Waals surface area contributed by atoms with E-state index in [4.69, 9.17) is 9.47 Å². The minimum atomic E-state index is 0.0338. The molecule has 2 rings (SSSR count). The minimum absolute atomic E-state index is 0.0338. The number of benzene rings is 2. The maximum absolute atomic E-state index is 12.3. The van der Waals surface area contributed by atoms with Gasteiger partial charge in [0.1, 0.15) is 12.4 Å². The Labute approximate surface area is 149 Å². The van der Waals surface area contributed by atoms with Crippen molar-refractivity contribution >= 4 is 11.6 Å². The van der Waals surface area contributed by atoms with Crippen LogP contribution in [0.4, 0.5) is 5.69 Å². The molecule has 0 saturated heterocycles. The zero-order chi connectivity index (χ0) is 17.9. The zero-order valence-corrected chi connectivity index (χ0v) is 14.9. The average molecular weight is 342 g/mol. The molecule has 0 atom stereocenters. The maximum Gasteiger partial charge on any atom is 0.241 e. The van der Waals surface area contributed by atoms with E-state index in [1.807, 2.05) is 68.6 Å². The highest BCUT2D eigenvalue weighted by molar-refractivity contribution is 5.80. The molecular formula is C20H26N2O3. The molecule has 0 aliphatic carbocycles. The van der Waals surface area contributed by atoms with E-state index in [2.05, 4.69) is 5.32 Å². The van der Waals surface area contributed by atoms with E-state index in [1.165, 1.54) is 0 Å². The Morgan fingerprint density at radius 3 is 2.64 bits per heavy atom. The number of carbonyl (C=O) groups excluding carboxylic acids is 1. The second kappa shape index (κ2) is 10.4. The van der Waals surface area contributed by atoms with Crippen LogP contribution in [0.25, 0.3) is 0 Å². The van der Waals surface area contributed by atoms with E-state index in [1.54, 1.807) is 4.90 Å². The molecule has 0 fully saturated rings. The van der Waals surface area contributed by atoms with Gasteiger partial charge in [-0.05, 0) is 24.6 Å². The number of amides is 1. The lowest BCUT2D eigenvalue weighted by molar-refractivity contribution is -0.128. The highest BCUT2D eigenvalue weighted by atomic mass is 16.5. The Morgan fingerprint density at radius 1 is 1.08 bits per heavy atom. The fourth-order valence-electron chi connectivity index (χ4n) is 2.32. The molecule has 0 spiro atoms. The predicted octanol–water partition coefficient (Wildman–Crippen LogP) is 3.17. The lowest BCUT2D eigenvalue weighted by Gasteiger charge is -2.18. The summed E-state index contributed by atoms with van der Waals surface area (Å²) in [4.78, 5) is 14.0. The van der Waals surface area contributed by atoms with Crippen molar-refractivity contribution in [1.29, 1.82) is 0 Å². The van der Waals surface area contributed by atoms with E-state index in [9.17, 15) is 4.79 Å². The molecule has 25 heavy (non-hydrogen) atoms. The summed E-state index contributed by atoms with van der Waals surface area (Å²) < 4.78 is 10.9. The van der Waals surface area contributed by atoms with Crippen molar-refractivity contribution in [3.05, 3.63) is 60.2 Å². The summed E-state index contributed by atoms with van der Waals surface area (Å²) >= 11 is 0. The van der Waals surface area contributed by atoms with Crippen LogP contribution in [-0.2, 0) is 16.1 Å². The molecular weight excluding hydrogens is 316 g/mol. The Morgan fingerprint density at radius 2 is 1.88 bits per heavy atom. The average Bonchev–Trinajstić information content (AvgIpc) is 2.64. The molecule has 2 aromatic carbocycles. The van der Waals surface area contributed by atoms with Crippen LogP contribution < -0.4 is 10.1 Å². The second-order valence-electron chi connectivity index (χ2n) is 5.66. The van der Waals surface area contributed by atoms with E-state index in [0.717, 1.165) is 17.0 Å². The van der Waals surface area contributed by atoms with Crippen LogP contribution in [0, 0.1) is 0 Å². The third-order valence-electron chi connectivity index (χ3n) is 3.67. The smallest absolute Gasteiger partial charge is 0.241 e. The van der Waals surface area contributed by atoms with Crippen LogP contribution in [0.1, 0.15) is 12.5 Å². The van der Waals surface area contributed by atoms with Crippen LogP contribution in [-0.4, -0.2) is 44.2 Å². The summed E-state index contributed by atoms with van der Waals surface area (Å²) in [5, 5.41) is 3.15. The van der Waals surface area contributed by atoms with Crippen molar-refractivity contribution in [3.8, 4) is 5.75 Å². The molecule has 0 aromatic heterocycles. The predicted molar refractivity (Wildman–Crippen MR) is 99.8 cm³/mol. The monoisotopic (exact) mass is 342 g/mol. The lowest BCUT2D eigenvalue weighted by Crippen LogP contribution is -2.31. The van der Waals surface area contributed by atoms with Gasteiger partial charge in [0.25, 0.3) is 0 Å². The Kier molecular flexibility index (Phi) is 7.79. The number of carbonyl (C=O) groups is 1. The summed E-state index contributed by atoms with van der Waals surface area (Å²) in [6.45, 7) is 4.56. The fraction of sp³-hybridized carbons (Fsp3) is 0.350. The van der Waals surface area contributed by atoms with E-state index in [-0.39, 0.29) is 12.5 Å². The second-order valence-corrected chi connectivity index (χ2v) is 5.66. The van der Waals surface area contributed by atoms with Crippen LogP contribution in [0.5, 0.6) is 5.75 Å². The quantitative estimate of drug-likeness (QED) is 0.674. The van der Waals surface area contributed by atoms with Crippen LogP contribution in [0.2, 0.25) is 0 Å². The molecule has 134 valence electrons. The van der Waals surface area contributed by atoms with Crippen molar-refractivity contribution < 1.29 is 14.3 Å². The first kappa shape index (κ1) is 18.8. The van der Waals surface area contributed by atoms with Crippen molar-refractivity contribution in [2.45, 2.75) is 13.5 Å². The fourth-order valence-corrected chi connectivity index (χ4v) is 2.32. The van der Waals surface area contributed by atoms with Crippen molar-refractivity contribution in [2.75, 3.05) is 38.7 Å². The molecule has 1 N–H and O–H groups in total. The maximum atomic E-state index is 12.3. The molecule has 0 saturated carbocycles. The normalized spacial score (nSPS) is 10.3. The number of nitrogens with one attached hydrogen (secondary N) is 1. The number of hydrogen-bond acceptors (Lipinski definition) is 4. The number of likely N-dealkylation sites (N-methyl/N-ethyl adjacent to an activating group) is 1. The summed E-state index contributed by atoms with van der Waals surface area (Å²) in [7, 11) is 1.81. The first-order chi connectivity index (χ1) is 12.2. The SMILES string of the molecule is CCOCCOc1cccc(NCC(=O)N(C)Cc2ccccc2)c1. The van der Waals surface area contributed by atoms with Gasteiger partial charge < -0.3 is 19.7 Å². The summed E-state index contributed by atoms with van der Waals surface area (Å²) in [6, 6.07) is 17.5. The topological polar surface area (TPSA) is 50.8 Å². The first-order valence-electron chi connectivity index (χ1n) is 8.51. The van der Waals surface area contributed by atoms with Gasteiger partial charge in [-0.1, -0.05) is 36.4 Å². The van der Waals surface area contributed by atoms with Crippen molar-refractivity contribution in [3.63, 3.8) is 0 Å². The number of hydrogen-bond donors (Lipinski definition) is 1. The van der Waals surface area contributed by atoms with Gasteiger partial charge in [-0.25, -0.2) is 0 Å². The van der Waals surface area contributed by atoms with Crippen molar-refractivity contribution in [1.82, 2.24) is 4.90 Å². The van der Waals surface area contributed by atoms with Gasteiger partial charge in [0.05, 0.1) is 13.2 Å². The molecule has 5 nitrogen and oxygen atoms in total. The molecule has 0 aliphatic heterocycles. The van der Waals surface area contributed by atoms with Gasteiger partial charge >= 0.3 is 0 Å². The van der Waals surface area contributed by atoms with Crippen LogP contribution in [0.3, 0.4) is 0 Å². The number of anilines is 1. The minimum Gasteiger partial charge on any atom is -0.491 e. The number of rotatable bonds is 10. The summed E-state index contributed by atoms with van der Waals surface area (Å²) in [6.07, 6.45) is 0. The van der Waals surface area contributed by atoms with Gasteiger partial charge in [-0.3, -0.25) is 4.79 Å². The molecule has 1 amide bonds. The highest BCUT2D eigenvalue weighted by Crippen LogP contribution is 2.17. The molecule has 0 radical (unpaired) electrons. The van der Waals surface area contributed by atoms with Gasteiger partial charge in [0, 0.05) is 32.0 Å². The van der Waals surface area contributed by atoms with E-state index < -0.39 is 0 Å². The van der Waals surface area contributed by atoms with Gasteiger partial charge in [-0.2, -0.15) is 0 Å². The summed E-state index contributed by atoms with van der Waals surface area (Å²) in [5.74, 6) is 0.793. The van der Waals surface area contributed by atoms with E-state index >= 15 is 0 Å². The standard InChI is InChI=1S/C20H26N2O3/c1-3-24-12-13-25-19-11-7-10-18(14-19)21-15-20(23)22(2)16-17-8-5-4-6-9-17/h4-11,14,21H,3,12-13,15-16H2,1-2H3. The number of nitrogens with zero attached hydrogens (tertiary/aromatic N) is 1. The number of ether oxygens (including phenoxy) is 2. The van der Waals surface area contributed by atoms with Crippen LogP contribution >= 0.6 is 0 Å². The van der Waals surface area contributed by atoms with Gasteiger partial charge in [0.2, 0.25) is 5.91 Å². The Bertz CT molecular complexity index is 646. The zero-order valence-electron chi connectivity index (χ0n) is 14.9. The molecule has 0 heterocycles. The largest absolute Gasteiger partial charge is 0.491 e. The highest BCUT2D eigenvalue weighted by Gasteiger charge is 2.09. The molecule has 5 heteroatoms. The molecule has 0 bridgehead atoms. The molecule has 2 aromatic rings. The van der Waals surface area contributed by atoms with Gasteiger partial charge in [-0.15, -0.1) is 0 Å². The third-order valence-corrected chi connectivity index (χ3v) is 3.67. The summed E-state index contributed by atoms with van der Waals surface area (Å²) in [5.41, 5.74) is 1.97. The Hall–Kier alpha value is -2.53. The lowest BCUT2D eigenvalue weighted by atomic mass is 10.2. The molecule has 0 unspecified atom stereocenters. The Balaban J connectivity index is 1.78.